The molecule has 1 fully saturated rings. The van der Waals surface area contributed by atoms with Crippen molar-refractivity contribution >= 4 is 17.1 Å². The zero-order chi connectivity index (χ0) is 39.9. The fourth-order valence-corrected chi connectivity index (χ4v) is 10.4. The number of fused-ring (bicyclic) bond motifs is 5. The van der Waals surface area contributed by atoms with E-state index in [0.717, 1.165) is 11.4 Å². The predicted molar refractivity (Wildman–Crippen MR) is 253 cm³/mol. The molecule has 0 amide bonds. The Kier molecular flexibility index (Phi) is 9.09. The van der Waals surface area contributed by atoms with E-state index in [4.69, 9.17) is 0 Å². The minimum Gasteiger partial charge on any atom is -0.309 e. The molecule has 286 valence electrons. The van der Waals surface area contributed by atoms with Gasteiger partial charge in [0.2, 0.25) is 0 Å². The molecule has 2 aliphatic rings. The lowest BCUT2D eigenvalue weighted by atomic mass is 9.77. The van der Waals surface area contributed by atoms with Gasteiger partial charge in [-0.05, 0) is 104 Å². The van der Waals surface area contributed by atoms with Gasteiger partial charge < -0.3 is 4.90 Å². The maximum atomic E-state index is 2.55. The summed E-state index contributed by atoms with van der Waals surface area (Å²) >= 11 is 0. The number of anilines is 3. The average Bonchev–Trinajstić information content (AvgIpc) is 3.94. The van der Waals surface area contributed by atoms with Crippen molar-refractivity contribution in [2.45, 2.75) is 31.1 Å². The third-order valence-electron chi connectivity index (χ3n) is 13.1. The molecule has 11 rings (SSSR count). The fourth-order valence-electron chi connectivity index (χ4n) is 10.4. The van der Waals surface area contributed by atoms with Gasteiger partial charge in [-0.2, -0.15) is 0 Å². The topological polar surface area (TPSA) is 3.24 Å². The highest BCUT2D eigenvalue weighted by Gasteiger charge is 2.46. The van der Waals surface area contributed by atoms with E-state index in [1.54, 1.807) is 0 Å². The predicted octanol–water partition coefficient (Wildman–Crippen LogP) is 16.3. The summed E-state index contributed by atoms with van der Waals surface area (Å²) in [7, 11) is 0. The first-order chi connectivity index (χ1) is 29.8. The van der Waals surface area contributed by atoms with Gasteiger partial charge >= 0.3 is 0 Å². The highest BCUT2D eigenvalue weighted by Crippen LogP contribution is 2.60. The lowest BCUT2D eigenvalue weighted by molar-refractivity contribution is 0.550. The smallest absolute Gasteiger partial charge is 0.0543 e. The maximum absolute atomic E-state index is 2.55. The van der Waals surface area contributed by atoms with Crippen LogP contribution in [0.1, 0.15) is 36.8 Å². The van der Waals surface area contributed by atoms with Crippen molar-refractivity contribution < 1.29 is 0 Å². The molecule has 1 nitrogen and oxygen atoms in total. The third kappa shape index (κ3) is 6.00. The largest absolute Gasteiger partial charge is 0.309 e. The Bertz CT molecular complexity index is 2970. The number of hydrogen-bond acceptors (Lipinski definition) is 1. The van der Waals surface area contributed by atoms with Gasteiger partial charge in [0, 0.05) is 22.2 Å². The average molecular weight is 768 g/mol. The van der Waals surface area contributed by atoms with E-state index in [0.29, 0.717) is 0 Å². The Balaban J connectivity index is 1.13. The van der Waals surface area contributed by atoms with Crippen molar-refractivity contribution in [1.82, 2.24) is 0 Å². The van der Waals surface area contributed by atoms with Crippen molar-refractivity contribution in [3.05, 3.63) is 236 Å². The lowest BCUT2D eigenvalue weighted by Gasteiger charge is -2.31. The molecule has 1 saturated carbocycles. The van der Waals surface area contributed by atoms with Gasteiger partial charge in [0.15, 0.2) is 0 Å². The van der Waals surface area contributed by atoms with Crippen LogP contribution in [0, 0.1) is 0 Å². The number of nitrogens with zero attached hydrogens (tertiary/aromatic N) is 1. The molecule has 0 bridgehead atoms. The van der Waals surface area contributed by atoms with Crippen molar-refractivity contribution in [1.29, 1.82) is 0 Å². The van der Waals surface area contributed by atoms with Crippen LogP contribution in [0.15, 0.2) is 224 Å². The standard InChI is InChI=1S/C59H45N/c1-3-20-42(21-4-1)46-24-7-8-25-47(46)44-36-38-45(39-37-44)60(57-35-19-33-55-58(57)53-31-13-15-32-54(53)59(55)40-17-18-41-59)56-34-16-14-30-52(56)51-29-12-11-28-50(51)49-27-10-9-26-48(49)43-22-5-2-6-23-43/h1-16,19-39H,17-18,40-41H2. The van der Waals surface area contributed by atoms with Crippen LogP contribution in [-0.2, 0) is 5.41 Å². The van der Waals surface area contributed by atoms with Crippen LogP contribution < -0.4 is 4.90 Å². The Labute approximate surface area is 353 Å². The van der Waals surface area contributed by atoms with Gasteiger partial charge in [-0.15, -0.1) is 0 Å². The monoisotopic (exact) mass is 767 g/mol. The van der Waals surface area contributed by atoms with Crippen LogP contribution in [0.4, 0.5) is 17.1 Å². The Morgan fingerprint density at radius 3 is 1.28 bits per heavy atom. The minimum absolute atomic E-state index is 0.0614. The lowest BCUT2D eigenvalue weighted by Crippen LogP contribution is -2.20. The fraction of sp³-hybridized carbons (Fsp3) is 0.0847. The molecule has 1 spiro atoms. The molecule has 0 heterocycles. The number of para-hydroxylation sites is 1. The molecule has 60 heavy (non-hydrogen) atoms. The summed E-state index contributed by atoms with van der Waals surface area (Å²) in [5.41, 5.74) is 21.4. The van der Waals surface area contributed by atoms with Crippen molar-refractivity contribution in [2.24, 2.45) is 0 Å². The van der Waals surface area contributed by atoms with Crippen LogP contribution in [0.2, 0.25) is 0 Å². The molecular weight excluding hydrogens is 723 g/mol. The molecule has 0 radical (unpaired) electrons. The summed E-state index contributed by atoms with van der Waals surface area (Å²) in [4.78, 5) is 2.55. The molecule has 0 unspecified atom stereocenters. The normalized spacial score (nSPS) is 13.5. The van der Waals surface area contributed by atoms with Crippen molar-refractivity contribution in [3.8, 4) is 66.8 Å². The SMILES string of the molecule is c1ccc(-c2ccccc2-c2ccc(N(c3ccccc3-c3ccccc3-c3ccccc3-c3ccccc3)c3cccc4c3-c3ccccc3C43CCCC3)cc2)cc1. The zero-order valence-electron chi connectivity index (χ0n) is 33.6. The number of benzene rings is 9. The first kappa shape index (κ1) is 35.9. The van der Waals surface area contributed by atoms with Crippen LogP contribution in [0.5, 0.6) is 0 Å². The third-order valence-corrected chi connectivity index (χ3v) is 13.1. The van der Waals surface area contributed by atoms with Crippen LogP contribution in [-0.4, -0.2) is 0 Å². The van der Waals surface area contributed by atoms with Gasteiger partial charge in [-0.25, -0.2) is 0 Å². The first-order valence-corrected chi connectivity index (χ1v) is 21.4. The molecule has 0 N–H and O–H groups in total. The van der Waals surface area contributed by atoms with Crippen LogP contribution >= 0.6 is 0 Å². The van der Waals surface area contributed by atoms with Crippen molar-refractivity contribution in [2.75, 3.05) is 4.90 Å². The molecule has 9 aromatic rings. The second-order valence-corrected chi connectivity index (χ2v) is 16.3. The zero-order valence-corrected chi connectivity index (χ0v) is 33.6. The molecule has 9 aromatic carbocycles. The van der Waals surface area contributed by atoms with E-state index >= 15 is 0 Å². The number of rotatable bonds is 8. The van der Waals surface area contributed by atoms with Gasteiger partial charge in [0.1, 0.15) is 0 Å². The Morgan fingerprint density at radius 1 is 0.283 bits per heavy atom. The molecule has 0 saturated heterocycles. The summed E-state index contributed by atoms with van der Waals surface area (Å²) in [5.74, 6) is 0. The summed E-state index contributed by atoms with van der Waals surface area (Å²) in [6.07, 6.45) is 4.91. The van der Waals surface area contributed by atoms with E-state index in [1.165, 1.54) is 109 Å². The van der Waals surface area contributed by atoms with E-state index < -0.39 is 0 Å². The highest BCUT2D eigenvalue weighted by molar-refractivity contribution is 6.01. The molecule has 0 aliphatic heterocycles. The summed E-state index contributed by atoms with van der Waals surface area (Å²) in [6.45, 7) is 0. The maximum Gasteiger partial charge on any atom is 0.0543 e. The molecule has 0 aromatic heterocycles. The summed E-state index contributed by atoms with van der Waals surface area (Å²) in [6, 6.07) is 82.7. The highest BCUT2D eigenvalue weighted by atomic mass is 15.1. The van der Waals surface area contributed by atoms with Gasteiger partial charge in [-0.3, -0.25) is 0 Å². The molecule has 2 aliphatic carbocycles. The Morgan fingerprint density at radius 2 is 0.683 bits per heavy atom. The van der Waals surface area contributed by atoms with Gasteiger partial charge in [0.25, 0.3) is 0 Å². The van der Waals surface area contributed by atoms with Gasteiger partial charge in [-0.1, -0.05) is 213 Å². The van der Waals surface area contributed by atoms with Crippen molar-refractivity contribution in [3.63, 3.8) is 0 Å². The Hall–Kier alpha value is -7.22. The summed E-state index contributed by atoms with van der Waals surface area (Å²) < 4.78 is 0. The van der Waals surface area contributed by atoms with Crippen LogP contribution in [0.25, 0.3) is 66.8 Å². The van der Waals surface area contributed by atoms with E-state index in [1.807, 2.05) is 0 Å². The van der Waals surface area contributed by atoms with Crippen LogP contribution in [0.3, 0.4) is 0 Å². The van der Waals surface area contributed by atoms with E-state index in [-0.39, 0.29) is 5.41 Å². The second-order valence-electron chi connectivity index (χ2n) is 16.3. The molecular formula is C59H45N. The number of hydrogen-bond donors (Lipinski definition) is 0. The minimum atomic E-state index is 0.0614. The van der Waals surface area contributed by atoms with E-state index in [9.17, 15) is 0 Å². The second kappa shape index (κ2) is 15.2. The summed E-state index contributed by atoms with van der Waals surface area (Å²) in [5, 5.41) is 0. The van der Waals surface area contributed by atoms with Gasteiger partial charge in [0.05, 0.1) is 11.4 Å². The quantitative estimate of drug-likeness (QED) is 0.149. The van der Waals surface area contributed by atoms with E-state index in [2.05, 4.69) is 229 Å². The molecule has 0 atom stereocenters. The molecule has 1 heteroatoms. The first-order valence-electron chi connectivity index (χ1n) is 21.4.